The molecule has 168 valence electrons. The molecule has 3 heteroatoms. The van der Waals surface area contributed by atoms with Crippen LogP contribution in [0.25, 0.3) is 27.3 Å². The summed E-state index contributed by atoms with van der Waals surface area (Å²) in [7, 11) is 0. The molecule has 4 aromatic rings. The number of aromatic nitrogens is 1. The Hall–Kier alpha value is -2.26. The maximum Gasteiger partial charge on any atom is 4.00 e. The number of hydrogen-bond donors (Lipinski definition) is 0. The van der Waals surface area contributed by atoms with Crippen LogP contribution in [0.2, 0.25) is 0 Å². The number of pyridine rings is 1. The van der Waals surface area contributed by atoms with E-state index < -0.39 is 0 Å². The van der Waals surface area contributed by atoms with Gasteiger partial charge in [0.2, 0.25) is 0 Å². The average molecular weight is 601 g/mol. The Kier molecular flexibility index (Phi) is 11.2. The number of nitrogens with zero attached hydrogens (tertiary/aromatic N) is 2. The molecule has 0 aliphatic heterocycles. The largest absolute Gasteiger partial charge is 4.00 e. The molecule has 0 spiro atoms. The molecule has 1 heterocycles. The van der Waals surface area contributed by atoms with Gasteiger partial charge >= 0.3 is 25.8 Å². The van der Waals surface area contributed by atoms with Gasteiger partial charge in [0, 0.05) is 5.69 Å². The molecule has 0 saturated carbocycles. The number of rotatable bonds is 6. The molecule has 2 nitrogen and oxygen atoms in total. The van der Waals surface area contributed by atoms with Gasteiger partial charge < -0.3 is 25.2 Å². The van der Waals surface area contributed by atoms with Crippen LogP contribution in [-0.2, 0) is 32.4 Å². The van der Waals surface area contributed by atoms with Crippen LogP contribution in [0.4, 0.5) is 5.69 Å². The van der Waals surface area contributed by atoms with Crippen molar-refractivity contribution in [1.82, 2.24) is 4.98 Å². The third-order valence-corrected chi connectivity index (χ3v) is 5.53. The van der Waals surface area contributed by atoms with Crippen LogP contribution in [0.1, 0.15) is 56.4 Å². The Bertz CT molecular complexity index is 1130. The summed E-state index contributed by atoms with van der Waals surface area (Å²) in [4.78, 5) is 4.93. The van der Waals surface area contributed by atoms with E-state index in [4.69, 9.17) is 10.3 Å². The van der Waals surface area contributed by atoms with Crippen LogP contribution in [0.5, 0.6) is 0 Å². The molecule has 1 aromatic heterocycles. The van der Waals surface area contributed by atoms with E-state index in [1.54, 1.807) is 0 Å². The third kappa shape index (κ3) is 6.41. The van der Waals surface area contributed by atoms with E-state index in [0.29, 0.717) is 18.4 Å². The molecular formula is C30H34HfN2. The molecule has 0 amide bonds. The Morgan fingerprint density at radius 2 is 1.42 bits per heavy atom. The molecule has 0 radical (unpaired) electrons. The molecule has 0 unspecified atom stereocenters. The van der Waals surface area contributed by atoms with Gasteiger partial charge in [0.15, 0.2) is 0 Å². The Balaban J connectivity index is 0.00000181. The van der Waals surface area contributed by atoms with Crippen molar-refractivity contribution in [2.75, 3.05) is 0 Å². The zero-order valence-electron chi connectivity index (χ0n) is 20.7. The van der Waals surface area contributed by atoms with E-state index in [9.17, 15) is 0 Å². The van der Waals surface area contributed by atoms with E-state index in [2.05, 4.69) is 100 Å². The fraction of sp³-hybridized carbons (Fsp3) is 0.233. The second-order valence-electron chi connectivity index (χ2n) is 8.36. The smallest absolute Gasteiger partial charge is 0.679 e. The van der Waals surface area contributed by atoms with Gasteiger partial charge in [-0.15, -0.1) is 34.8 Å². The Labute approximate surface area is 219 Å². The van der Waals surface area contributed by atoms with Crippen molar-refractivity contribution in [3.8, 4) is 11.3 Å². The second kappa shape index (κ2) is 12.8. The summed E-state index contributed by atoms with van der Waals surface area (Å²) in [6.45, 7) is 9.49. The number of fused-ring (bicyclic) bond motifs is 1. The summed E-state index contributed by atoms with van der Waals surface area (Å²) in [5.74, 6) is 0.874. The zero-order chi connectivity index (χ0) is 21.1. The van der Waals surface area contributed by atoms with Crippen molar-refractivity contribution in [2.24, 2.45) is 0 Å². The van der Waals surface area contributed by atoms with Gasteiger partial charge in [-0.05, 0) is 23.6 Å². The van der Waals surface area contributed by atoms with Gasteiger partial charge in [0.05, 0.1) is 0 Å². The molecule has 0 atom stereocenters. The van der Waals surface area contributed by atoms with Crippen molar-refractivity contribution in [3.05, 3.63) is 116 Å². The molecule has 0 saturated heterocycles. The fourth-order valence-electron chi connectivity index (χ4n) is 3.94. The minimum absolute atomic E-state index is 0. The second-order valence-corrected chi connectivity index (χ2v) is 8.36. The monoisotopic (exact) mass is 602 g/mol. The SMILES string of the molecule is CC(C)c1cccc(C(C)C)c1[N-]Cc1cccc(-c2[c-]ccc3ccccc23)n1.[CH3-].[CH3-].[Hf+4]. The van der Waals surface area contributed by atoms with E-state index in [-0.39, 0.29) is 40.7 Å². The van der Waals surface area contributed by atoms with Crippen LogP contribution in [-0.4, -0.2) is 4.98 Å². The maximum absolute atomic E-state index is 5.04. The molecule has 0 fully saturated rings. The Morgan fingerprint density at radius 3 is 2.09 bits per heavy atom. The Morgan fingerprint density at radius 1 is 0.788 bits per heavy atom. The minimum atomic E-state index is 0. The molecule has 0 bridgehead atoms. The predicted molar refractivity (Wildman–Crippen MR) is 140 cm³/mol. The van der Waals surface area contributed by atoms with Crippen molar-refractivity contribution < 1.29 is 25.8 Å². The molecule has 0 aliphatic rings. The molecule has 33 heavy (non-hydrogen) atoms. The first kappa shape index (κ1) is 28.8. The first-order valence-electron chi connectivity index (χ1n) is 10.7. The summed E-state index contributed by atoms with van der Waals surface area (Å²) in [6, 6.07) is 28.6. The van der Waals surface area contributed by atoms with E-state index >= 15 is 0 Å². The number of hydrogen-bond acceptors (Lipinski definition) is 1. The average Bonchev–Trinajstić information content (AvgIpc) is 2.77. The quantitative estimate of drug-likeness (QED) is 0.160. The first-order valence-corrected chi connectivity index (χ1v) is 10.7. The fourth-order valence-corrected chi connectivity index (χ4v) is 3.94. The topological polar surface area (TPSA) is 27.0 Å². The van der Waals surface area contributed by atoms with Crippen molar-refractivity contribution >= 4 is 16.5 Å². The first-order chi connectivity index (χ1) is 14.5. The van der Waals surface area contributed by atoms with Gasteiger partial charge in [0.25, 0.3) is 0 Å². The van der Waals surface area contributed by atoms with Crippen LogP contribution in [0.3, 0.4) is 0 Å². The van der Waals surface area contributed by atoms with Gasteiger partial charge in [-0.2, -0.15) is 0 Å². The van der Waals surface area contributed by atoms with Crippen LogP contribution < -0.4 is 0 Å². The summed E-state index contributed by atoms with van der Waals surface area (Å²) < 4.78 is 0. The summed E-state index contributed by atoms with van der Waals surface area (Å²) in [5.41, 5.74) is 6.70. The van der Waals surface area contributed by atoms with Crippen LogP contribution in [0.15, 0.2) is 72.8 Å². The predicted octanol–water partition coefficient (Wildman–Crippen LogP) is 9.05. The van der Waals surface area contributed by atoms with Gasteiger partial charge in [-0.25, -0.2) is 0 Å². The van der Waals surface area contributed by atoms with Crippen molar-refractivity contribution in [1.29, 1.82) is 0 Å². The normalized spacial score (nSPS) is 10.4. The minimum Gasteiger partial charge on any atom is -0.679 e. The van der Waals surface area contributed by atoms with Gasteiger partial charge in [-0.3, -0.25) is 0 Å². The van der Waals surface area contributed by atoms with Gasteiger partial charge in [0.1, 0.15) is 0 Å². The van der Waals surface area contributed by atoms with Crippen LogP contribution in [0, 0.1) is 20.9 Å². The third-order valence-electron chi connectivity index (χ3n) is 5.53. The zero-order valence-corrected chi connectivity index (χ0v) is 24.3. The van der Waals surface area contributed by atoms with Crippen molar-refractivity contribution in [2.45, 2.75) is 46.1 Å². The summed E-state index contributed by atoms with van der Waals surface area (Å²) in [5, 5.41) is 7.42. The maximum atomic E-state index is 5.04. The standard InChI is InChI=1S/C28H28N2.2CH3.Hf/c1-19(2)23-14-9-15-24(20(3)4)28(23)29-18-22-12-8-17-27(30-22)26-16-7-11-21-10-5-6-13-25(21)26;;;/h5-15,17,19-20H,18H2,1-4H3;2*1H3;/q-2;2*-1;+4. The molecular weight excluding hydrogens is 567 g/mol. The van der Waals surface area contributed by atoms with Crippen molar-refractivity contribution in [3.63, 3.8) is 0 Å². The van der Waals surface area contributed by atoms with Gasteiger partial charge in [-0.1, -0.05) is 105 Å². The molecule has 4 rings (SSSR count). The van der Waals surface area contributed by atoms with E-state index in [1.807, 2.05) is 6.07 Å². The summed E-state index contributed by atoms with van der Waals surface area (Å²) in [6.07, 6.45) is 0. The molecule has 0 aliphatic carbocycles. The number of benzene rings is 3. The van der Waals surface area contributed by atoms with E-state index in [0.717, 1.165) is 22.6 Å². The molecule has 3 aromatic carbocycles. The van der Waals surface area contributed by atoms with E-state index in [1.165, 1.54) is 21.9 Å². The number of para-hydroxylation sites is 1. The van der Waals surface area contributed by atoms with Crippen LogP contribution >= 0.6 is 0 Å². The molecule has 0 N–H and O–H groups in total. The summed E-state index contributed by atoms with van der Waals surface area (Å²) >= 11 is 0.